The summed E-state index contributed by atoms with van der Waals surface area (Å²) >= 11 is 2.04. The minimum absolute atomic E-state index is 0.658. The van der Waals surface area contributed by atoms with Crippen molar-refractivity contribution in [1.82, 2.24) is 10.2 Å². The van der Waals surface area contributed by atoms with Gasteiger partial charge in [-0.2, -0.15) is 0 Å². The van der Waals surface area contributed by atoms with Gasteiger partial charge in [-0.05, 0) is 76.7 Å². The fourth-order valence-electron chi connectivity index (χ4n) is 3.43. The average molecular weight is 278 g/mol. The predicted molar refractivity (Wildman–Crippen MR) is 82.9 cm³/mol. The van der Waals surface area contributed by atoms with Crippen molar-refractivity contribution < 1.29 is 0 Å². The summed E-state index contributed by atoms with van der Waals surface area (Å²) < 4.78 is 0. The molecular weight excluding hydrogens is 252 g/mol. The van der Waals surface area contributed by atoms with Gasteiger partial charge in [0.1, 0.15) is 0 Å². The van der Waals surface area contributed by atoms with Gasteiger partial charge in [0.2, 0.25) is 0 Å². The monoisotopic (exact) mass is 278 g/mol. The summed E-state index contributed by atoms with van der Waals surface area (Å²) in [4.78, 5) is 5.65. The van der Waals surface area contributed by atoms with E-state index in [1.807, 2.05) is 11.3 Å². The Kier molecular flexibility index (Phi) is 4.25. The third-order valence-corrected chi connectivity index (χ3v) is 6.10. The maximum Gasteiger partial charge on any atom is 0.0302 e. The van der Waals surface area contributed by atoms with E-state index in [9.17, 15) is 0 Å². The average Bonchev–Trinajstić information content (AvgIpc) is 2.97. The van der Waals surface area contributed by atoms with E-state index in [0.29, 0.717) is 6.04 Å². The Labute approximate surface area is 121 Å². The summed E-state index contributed by atoms with van der Waals surface area (Å²) in [7, 11) is 2.24. The number of thiophene rings is 1. The molecule has 0 aromatic carbocycles. The van der Waals surface area contributed by atoms with Crippen molar-refractivity contribution >= 4 is 11.3 Å². The molecule has 106 valence electrons. The van der Waals surface area contributed by atoms with E-state index in [0.717, 1.165) is 12.5 Å². The molecule has 1 fully saturated rings. The zero-order chi connectivity index (χ0) is 13.2. The van der Waals surface area contributed by atoms with E-state index >= 15 is 0 Å². The van der Waals surface area contributed by atoms with Crippen molar-refractivity contribution in [3.8, 4) is 0 Å². The van der Waals surface area contributed by atoms with Crippen LogP contribution in [0.5, 0.6) is 0 Å². The van der Waals surface area contributed by atoms with Crippen LogP contribution < -0.4 is 5.32 Å². The molecule has 1 saturated heterocycles. The number of nitrogens with zero attached hydrogens (tertiary/aromatic N) is 1. The Hall–Kier alpha value is -0.380. The van der Waals surface area contributed by atoms with Crippen LogP contribution >= 0.6 is 11.3 Å². The Morgan fingerprint density at radius 3 is 2.89 bits per heavy atom. The molecule has 1 aromatic rings. The molecule has 0 bridgehead atoms. The fourth-order valence-corrected chi connectivity index (χ4v) is 4.65. The molecule has 1 unspecified atom stereocenters. The number of aryl methyl sites for hydroxylation is 2. The molecule has 2 heterocycles. The lowest BCUT2D eigenvalue weighted by Gasteiger charge is -2.33. The molecule has 1 atom stereocenters. The molecule has 0 amide bonds. The van der Waals surface area contributed by atoms with Crippen molar-refractivity contribution in [2.45, 2.75) is 51.6 Å². The third-order valence-electron chi connectivity index (χ3n) is 4.87. The Morgan fingerprint density at radius 2 is 2.16 bits per heavy atom. The lowest BCUT2D eigenvalue weighted by atomic mass is 9.90. The SMILES string of the molecule is CC(NCc1cc2c(s1)CCC2)C1CCN(C)CC1. The Balaban J connectivity index is 1.48. The first kappa shape index (κ1) is 13.6. The van der Waals surface area contributed by atoms with Gasteiger partial charge < -0.3 is 10.2 Å². The van der Waals surface area contributed by atoms with E-state index in [2.05, 4.69) is 30.3 Å². The van der Waals surface area contributed by atoms with Gasteiger partial charge in [-0.1, -0.05) is 0 Å². The topological polar surface area (TPSA) is 15.3 Å². The second-order valence-electron chi connectivity index (χ2n) is 6.32. The second kappa shape index (κ2) is 5.94. The van der Waals surface area contributed by atoms with Gasteiger partial charge in [0.25, 0.3) is 0 Å². The molecule has 0 radical (unpaired) electrons. The predicted octanol–water partition coefficient (Wildman–Crippen LogP) is 3.06. The minimum Gasteiger partial charge on any atom is -0.309 e. The van der Waals surface area contributed by atoms with Gasteiger partial charge in [-0.15, -0.1) is 11.3 Å². The van der Waals surface area contributed by atoms with Crippen LogP contribution in [0.25, 0.3) is 0 Å². The highest BCUT2D eigenvalue weighted by molar-refractivity contribution is 7.12. The van der Waals surface area contributed by atoms with Crippen LogP contribution in [0.15, 0.2) is 6.07 Å². The van der Waals surface area contributed by atoms with Crippen LogP contribution in [0.1, 0.15) is 41.5 Å². The van der Waals surface area contributed by atoms with E-state index in [-0.39, 0.29) is 0 Å². The van der Waals surface area contributed by atoms with E-state index in [1.54, 1.807) is 15.3 Å². The highest BCUT2D eigenvalue weighted by atomic mass is 32.1. The lowest BCUT2D eigenvalue weighted by Crippen LogP contribution is -2.40. The highest BCUT2D eigenvalue weighted by Crippen LogP contribution is 2.30. The molecule has 1 aliphatic carbocycles. The van der Waals surface area contributed by atoms with Crippen LogP contribution in [0.4, 0.5) is 0 Å². The van der Waals surface area contributed by atoms with Crippen molar-refractivity contribution in [2.24, 2.45) is 5.92 Å². The standard InChI is InChI=1S/C16H26N2S/c1-12(13-6-8-18(2)9-7-13)17-11-15-10-14-4-3-5-16(14)19-15/h10,12-13,17H,3-9,11H2,1-2H3. The van der Waals surface area contributed by atoms with Crippen LogP contribution in [-0.4, -0.2) is 31.1 Å². The van der Waals surface area contributed by atoms with Crippen LogP contribution in [-0.2, 0) is 19.4 Å². The van der Waals surface area contributed by atoms with E-state index < -0.39 is 0 Å². The van der Waals surface area contributed by atoms with Gasteiger partial charge in [0.15, 0.2) is 0 Å². The number of likely N-dealkylation sites (tertiary alicyclic amines) is 1. The minimum atomic E-state index is 0.658. The maximum absolute atomic E-state index is 3.76. The van der Waals surface area contributed by atoms with E-state index in [4.69, 9.17) is 0 Å². The number of piperidine rings is 1. The number of hydrogen-bond acceptors (Lipinski definition) is 3. The zero-order valence-electron chi connectivity index (χ0n) is 12.2. The largest absolute Gasteiger partial charge is 0.309 e. The number of fused-ring (bicyclic) bond motifs is 1. The number of rotatable bonds is 4. The molecule has 1 N–H and O–H groups in total. The van der Waals surface area contributed by atoms with Crippen LogP contribution in [0, 0.1) is 5.92 Å². The first-order valence-electron chi connectivity index (χ1n) is 7.75. The van der Waals surface area contributed by atoms with Crippen molar-refractivity contribution in [1.29, 1.82) is 0 Å². The number of hydrogen-bond donors (Lipinski definition) is 1. The summed E-state index contributed by atoms with van der Waals surface area (Å²) in [5, 5.41) is 3.76. The Morgan fingerprint density at radius 1 is 1.37 bits per heavy atom. The normalized spacial score (nSPS) is 22.6. The molecule has 3 rings (SSSR count). The summed E-state index contributed by atoms with van der Waals surface area (Å²) in [5.74, 6) is 0.864. The van der Waals surface area contributed by atoms with Gasteiger partial charge >= 0.3 is 0 Å². The fraction of sp³-hybridized carbons (Fsp3) is 0.750. The molecule has 1 aromatic heterocycles. The number of nitrogens with one attached hydrogen (secondary N) is 1. The van der Waals surface area contributed by atoms with Crippen LogP contribution in [0.3, 0.4) is 0 Å². The molecule has 1 aliphatic heterocycles. The molecule has 0 saturated carbocycles. The molecule has 2 nitrogen and oxygen atoms in total. The summed E-state index contributed by atoms with van der Waals surface area (Å²) in [5.41, 5.74) is 1.63. The molecule has 19 heavy (non-hydrogen) atoms. The van der Waals surface area contributed by atoms with Gasteiger partial charge in [0, 0.05) is 22.3 Å². The first-order valence-corrected chi connectivity index (χ1v) is 8.56. The Bertz CT molecular complexity index is 397. The summed E-state index contributed by atoms with van der Waals surface area (Å²) in [6.07, 6.45) is 6.72. The third kappa shape index (κ3) is 3.21. The summed E-state index contributed by atoms with van der Waals surface area (Å²) in [6, 6.07) is 3.10. The zero-order valence-corrected chi connectivity index (χ0v) is 13.1. The lowest BCUT2D eigenvalue weighted by molar-refractivity contribution is 0.189. The smallest absolute Gasteiger partial charge is 0.0302 e. The summed E-state index contributed by atoms with van der Waals surface area (Å²) in [6.45, 7) is 5.98. The quantitative estimate of drug-likeness (QED) is 0.910. The van der Waals surface area contributed by atoms with Gasteiger partial charge in [-0.25, -0.2) is 0 Å². The van der Waals surface area contributed by atoms with Gasteiger partial charge in [-0.3, -0.25) is 0 Å². The second-order valence-corrected chi connectivity index (χ2v) is 7.55. The maximum atomic E-state index is 3.76. The van der Waals surface area contributed by atoms with Gasteiger partial charge in [0.05, 0.1) is 0 Å². The molecular formula is C16H26N2S. The molecule has 0 spiro atoms. The van der Waals surface area contributed by atoms with Crippen molar-refractivity contribution in [3.63, 3.8) is 0 Å². The van der Waals surface area contributed by atoms with Crippen molar-refractivity contribution in [2.75, 3.05) is 20.1 Å². The molecule has 3 heteroatoms. The first-order chi connectivity index (χ1) is 9.22. The van der Waals surface area contributed by atoms with Crippen LogP contribution in [0.2, 0.25) is 0 Å². The molecule has 2 aliphatic rings. The highest BCUT2D eigenvalue weighted by Gasteiger charge is 2.22. The van der Waals surface area contributed by atoms with Crippen molar-refractivity contribution in [3.05, 3.63) is 21.4 Å². The van der Waals surface area contributed by atoms with E-state index in [1.165, 1.54) is 45.2 Å².